The second kappa shape index (κ2) is 6.98. The van der Waals surface area contributed by atoms with E-state index in [1.165, 1.54) is 25.7 Å². The maximum Gasteiger partial charge on any atom is 0.0876 e. The Balaban J connectivity index is 2.19. The third-order valence-corrected chi connectivity index (χ3v) is 3.29. The van der Waals surface area contributed by atoms with E-state index in [1.807, 2.05) is 23.1 Å². The molecule has 0 aliphatic heterocycles. The minimum Gasteiger partial charge on any atom is -0.381 e. The van der Waals surface area contributed by atoms with Gasteiger partial charge in [0.25, 0.3) is 0 Å². The lowest BCUT2D eigenvalue weighted by atomic mass is 10.1. The van der Waals surface area contributed by atoms with Gasteiger partial charge in [0, 0.05) is 18.4 Å². The molecule has 0 saturated carbocycles. The van der Waals surface area contributed by atoms with Gasteiger partial charge in [0.05, 0.1) is 11.4 Å². The molecule has 0 unspecified atom stereocenters. The summed E-state index contributed by atoms with van der Waals surface area (Å²) in [5.74, 6) is 0. The highest BCUT2D eigenvalue weighted by atomic mass is 15.3. The van der Waals surface area contributed by atoms with E-state index in [-0.39, 0.29) is 0 Å². The lowest BCUT2D eigenvalue weighted by Gasteiger charge is -2.20. The molecule has 3 heteroatoms. The van der Waals surface area contributed by atoms with Crippen molar-refractivity contribution in [3.05, 3.63) is 42.7 Å². The van der Waals surface area contributed by atoms with Gasteiger partial charge >= 0.3 is 0 Å². The molecule has 0 aliphatic rings. The third-order valence-electron chi connectivity index (χ3n) is 3.29. The average molecular weight is 257 g/mol. The molecule has 2 rings (SSSR count). The summed E-state index contributed by atoms with van der Waals surface area (Å²) in [6.07, 6.45) is 8.63. The van der Waals surface area contributed by atoms with E-state index in [0.717, 1.165) is 11.4 Å². The van der Waals surface area contributed by atoms with Crippen LogP contribution in [0, 0.1) is 0 Å². The van der Waals surface area contributed by atoms with Crippen molar-refractivity contribution in [2.24, 2.45) is 0 Å². The molecular formula is C16H23N3. The molecule has 0 radical (unpaired) electrons. The zero-order valence-corrected chi connectivity index (χ0v) is 11.8. The van der Waals surface area contributed by atoms with Crippen LogP contribution in [0.15, 0.2) is 42.7 Å². The largest absolute Gasteiger partial charge is 0.381 e. The van der Waals surface area contributed by atoms with Crippen LogP contribution < -0.4 is 5.32 Å². The molecule has 1 aromatic heterocycles. The normalized spacial score (nSPS) is 10.9. The first-order valence-corrected chi connectivity index (χ1v) is 7.20. The Morgan fingerprint density at radius 1 is 1.11 bits per heavy atom. The fourth-order valence-electron chi connectivity index (χ4n) is 2.41. The van der Waals surface area contributed by atoms with E-state index in [0.29, 0.717) is 6.04 Å². The predicted molar refractivity (Wildman–Crippen MR) is 80.8 cm³/mol. The molecule has 0 fully saturated rings. The number of rotatable bonds is 7. The predicted octanol–water partition coefficient (Wildman–Crippen LogP) is 4.25. The molecule has 0 aliphatic carbocycles. The molecular weight excluding hydrogens is 234 g/mol. The van der Waals surface area contributed by atoms with Gasteiger partial charge in [-0.1, -0.05) is 38.8 Å². The monoisotopic (exact) mass is 257 g/mol. The van der Waals surface area contributed by atoms with Crippen molar-refractivity contribution in [3.8, 4) is 5.69 Å². The van der Waals surface area contributed by atoms with Gasteiger partial charge < -0.3 is 5.32 Å². The van der Waals surface area contributed by atoms with E-state index >= 15 is 0 Å². The maximum atomic E-state index is 4.32. The lowest BCUT2D eigenvalue weighted by Crippen LogP contribution is -2.20. The second-order valence-corrected chi connectivity index (χ2v) is 4.89. The highest BCUT2D eigenvalue weighted by Gasteiger charge is 2.10. The highest BCUT2D eigenvalue weighted by Crippen LogP contribution is 2.22. The summed E-state index contributed by atoms with van der Waals surface area (Å²) >= 11 is 0. The summed E-state index contributed by atoms with van der Waals surface area (Å²) in [6.45, 7) is 4.48. The van der Waals surface area contributed by atoms with Gasteiger partial charge in [-0.3, -0.25) is 0 Å². The zero-order chi connectivity index (χ0) is 13.5. The van der Waals surface area contributed by atoms with Crippen LogP contribution in [0.1, 0.15) is 39.5 Å². The van der Waals surface area contributed by atoms with Crippen molar-refractivity contribution in [1.29, 1.82) is 0 Å². The van der Waals surface area contributed by atoms with Crippen LogP contribution in [-0.4, -0.2) is 15.8 Å². The number of hydrogen-bond acceptors (Lipinski definition) is 2. The molecule has 1 aromatic carbocycles. The summed E-state index contributed by atoms with van der Waals surface area (Å²) in [6, 6.07) is 10.9. The van der Waals surface area contributed by atoms with Gasteiger partial charge in [0.15, 0.2) is 0 Å². The summed E-state index contributed by atoms with van der Waals surface area (Å²) in [5.41, 5.74) is 2.28. The molecule has 2 aromatic rings. The van der Waals surface area contributed by atoms with Gasteiger partial charge in [-0.25, -0.2) is 4.68 Å². The second-order valence-electron chi connectivity index (χ2n) is 4.89. The van der Waals surface area contributed by atoms with Gasteiger partial charge in [-0.05, 0) is 31.0 Å². The Morgan fingerprint density at radius 3 is 2.47 bits per heavy atom. The first-order valence-electron chi connectivity index (χ1n) is 7.20. The topological polar surface area (TPSA) is 29.9 Å². The van der Waals surface area contributed by atoms with Crippen LogP contribution >= 0.6 is 0 Å². The number of anilines is 1. The molecule has 0 amide bonds. The van der Waals surface area contributed by atoms with Crippen LogP contribution in [0.2, 0.25) is 0 Å². The van der Waals surface area contributed by atoms with Crippen molar-refractivity contribution >= 4 is 5.69 Å². The zero-order valence-electron chi connectivity index (χ0n) is 11.8. The van der Waals surface area contributed by atoms with Crippen LogP contribution in [0.25, 0.3) is 5.69 Å². The number of nitrogens with zero attached hydrogens (tertiary/aromatic N) is 2. The molecule has 0 saturated heterocycles. The first kappa shape index (κ1) is 13.7. The van der Waals surface area contributed by atoms with E-state index in [2.05, 4.69) is 48.5 Å². The number of nitrogens with one attached hydrogen (secondary N) is 1. The number of hydrogen-bond donors (Lipinski definition) is 1. The average Bonchev–Trinajstić information content (AvgIpc) is 2.94. The fourth-order valence-corrected chi connectivity index (χ4v) is 2.41. The molecule has 3 nitrogen and oxygen atoms in total. The van der Waals surface area contributed by atoms with Gasteiger partial charge in [-0.15, -0.1) is 0 Å². The van der Waals surface area contributed by atoms with Crippen LogP contribution in [0.4, 0.5) is 5.69 Å². The SMILES string of the molecule is CCCC(CCC)Nc1ccccc1-n1cccn1. The summed E-state index contributed by atoms with van der Waals surface area (Å²) in [5, 5.41) is 8.00. The molecule has 1 heterocycles. The van der Waals surface area contributed by atoms with Crippen molar-refractivity contribution in [3.63, 3.8) is 0 Å². The van der Waals surface area contributed by atoms with Gasteiger partial charge in [0.2, 0.25) is 0 Å². The molecule has 0 atom stereocenters. The van der Waals surface area contributed by atoms with Crippen LogP contribution in [0.3, 0.4) is 0 Å². The van der Waals surface area contributed by atoms with Gasteiger partial charge in [-0.2, -0.15) is 5.10 Å². The Bertz CT molecular complexity index is 470. The molecule has 1 N–H and O–H groups in total. The Hall–Kier alpha value is -1.77. The Morgan fingerprint density at radius 2 is 1.84 bits per heavy atom. The molecule has 102 valence electrons. The van der Waals surface area contributed by atoms with Crippen molar-refractivity contribution in [2.75, 3.05) is 5.32 Å². The molecule has 19 heavy (non-hydrogen) atoms. The number of benzene rings is 1. The van der Waals surface area contributed by atoms with Crippen molar-refractivity contribution < 1.29 is 0 Å². The minimum absolute atomic E-state index is 0.548. The number of para-hydroxylation sites is 2. The van der Waals surface area contributed by atoms with Crippen molar-refractivity contribution in [2.45, 2.75) is 45.6 Å². The summed E-state index contributed by atoms with van der Waals surface area (Å²) in [4.78, 5) is 0. The lowest BCUT2D eigenvalue weighted by molar-refractivity contribution is 0.586. The minimum atomic E-state index is 0.548. The molecule has 0 spiro atoms. The quantitative estimate of drug-likeness (QED) is 0.803. The summed E-state index contributed by atoms with van der Waals surface area (Å²) < 4.78 is 1.91. The standard InChI is InChI=1S/C16H23N3/c1-3-8-14(9-4-2)18-15-10-5-6-11-16(15)19-13-7-12-17-19/h5-7,10-14,18H,3-4,8-9H2,1-2H3. The number of aromatic nitrogens is 2. The van der Waals surface area contributed by atoms with Crippen LogP contribution in [0.5, 0.6) is 0 Å². The first-order chi connectivity index (χ1) is 9.35. The molecule has 0 bridgehead atoms. The third kappa shape index (κ3) is 3.60. The van der Waals surface area contributed by atoms with E-state index in [9.17, 15) is 0 Å². The highest BCUT2D eigenvalue weighted by molar-refractivity contribution is 5.61. The van der Waals surface area contributed by atoms with Crippen molar-refractivity contribution in [1.82, 2.24) is 9.78 Å². The fraction of sp³-hybridized carbons (Fsp3) is 0.438. The smallest absolute Gasteiger partial charge is 0.0876 e. The van der Waals surface area contributed by atoms with E-state index in [1.54, 1.807) is 0 Å². The van der Waals surface area contributed by atoms with E-state index < -0.39 is 0 Å². The maximum absolute atomic E-state index is 4.32. The Labute approximate surface area is 115 Å². The Kier molecular flexibility index (Phi) is 5.01. The van der Waals surface area contributed by atoms with E-state index in [4.69, 9.17) is 0 Å². The van der Waals surface area contributed by atoms with Gasteiger partial charge in [0.1, 0.15) is 0 Å². The van der Waals surface area contributed by atoms with Crippen LogP contribution in [-0.2, 0) is 0 Å². The summed E-state index contributed by atoms with van der Waals surface area (Å²) in [7, 11) is 0.